The van der Waals surface area contributed by atoms with Crippen LogP contribution in [0.4, 0.5) is 35.1 Å². The van der Waals surface area contributed by atoms with E-state index in [0.717, 1.165) is 6.92 Å². The topological polar surface area (TPSA) is 116 Å². The van der Waals surface area contributed by atoms with Crippen LogP contribution in [0, 0.1) is 0 Å². The Kier molecular flexibility index (Phi) is 7.57. The summed E-state index contributed by atoms with van der Waals surface area (Å²) < 4.78 is 143. The van der Waals surface area contributed by atoms with Gasteiger partial charge in [-0.25, -0.2) is 9.59 Å². The van der Waals surface area contributed by atoms with Crippen molar-refractivity contribution in [3.05, 3.63) is 12.2 Å². The molecule has 0 spiro atoms. The first-order chi connectivity index (χ1) is 12.2. The van der Waals surface area contributed by atoms with Crippen molar-refractivity contribution in [2.24, 2.45) is 0 Å². The third kappa shape index (κ3) is 5.74. The van der Waals surface area contributed by atoms with E-state index in [-0.39, 0.29) is 0 Å². The van der Waals surface area contributed by atoms with Crippen molar-refractivity contribution in [2.75, 3.05) is 13.2 Å². The zero-order valence-corrected chi connectivity index (χ0v) is 14.2. The summed E-state index contributed by atoms with van der Waals surface area (Å²) in [7, 11) is -6.39. The lowest BCUT2D eigenvalue weighted by atomic mass is 10.2. The minimum atomic E-state index is -6.39. The van der Waals surface area contributed by atoms with Gasteiger partial charge in [0.1, 0.15) is 12.2 Å². The van der Waals surface area contributed by atoms with E-state index >= 15 is 0 Å². The predicted octanol–water partition coefficient (Wildman–Crippen LogP) is 1.97. The third-order valence-corrected chi connectivity index (χ3v) is 3.44. The highest BCUT2D eigenvalue weighted by Crippen LogP contribution is 2.39. The lowest BCUT2D eigenvalue weighted by Gasteiger charge is -2.33. The van der Waals surface area contributed by atoms with E-state index in [1.54, 1.807) is 0 Å². The molecule has 8 nitrogen and oxygen atoms in total. The number of ether oxygens (including phenoxy) is 3. The maximum atomic E-state index is 13.3. The van der Waals surface area contributed by atoms with Gasteiger partial charge in [0, 0.05) is 0 Å². The molecule has 164 valence electrons. The van der Waals surface area contributed by atoms with Gasteiger partial charge in [-0.05, 0) is 6.92 Å². The molecule has 1 N–H and O–H groups in total. The van der Waals surface area contributed by atoms with Crippen molar-refractivity contribution >= 4 is 22.1 Å². The van der Waals surface area contributed by atoms with Gasteiger partial charge in [0.15, 0.2) is 0 Å². The molecule has 0 saturated carbocycles. The van der Waals surface area contributed by atoms with Crippen LogP contribution < -0.4 is 0 Å². The van der Waals surface area contributed by atoms with E-state index in [2.05, 4.69) is 20.8 Å². The van der Waals surface area contributed by atoms with Gasteiger partial charge in [-0.1, -0.05) is 6.58 Å². The Labute approximate surface area is 150 Å². The molecule has 0 aliphatic carbocycles. The SMILES string of the molecule is C=C(C(=O)OC(OCC(F)(F)S(=O)(=O)O)(C(=O)OCC)C(F)(F)F)C(F)(F)F. The zero-order chi connectivity index (χ0) is 22.8. The van der Waals surface area contributed by atoms with Gasteiger partial charge < -0.3 is 14.2 Å². The molecular weight excluding hydrogens is 444 g/mol. The van der Waals surface area contributed by atoms with Crippen LogP contribution >= 0.6 is 0 Å². The Balaban J connectivity index is 6.24. The van der Waals surface area contributed by atoms with Crippen molar-refractivity contribution < 1.29 is 71.9 Å². The molecule has 0 rings (SSSR count). The molecule has 0 aliphatic rings. The molecule has 0 radical (unpaired) electrons. The molecule has 1 unspecified atom stereocenters. The van der Waals surface area contributed by atoms with Gasteiger partial charge >= 0.3 is 45.5 Å². The van der Waals surface area contributed by atoms with E-state index in [4.69, 9.17) is 4.55 Å². The number of carbonyl (C=O) groups is 2. The molecule has 17 heteroatoms. The largest absolute Gasteiger partial charge is 0.468 e. The van der Waals surface area contributed by atoms with E-state index < -0.39 is 64.2 Å². The summed E-state index contributed by atoms with van der Waals surface area (Å²) >= 11 is 0. The van der Waals surface area contributed by atoms with Gasteiger partial charge in [-0.2, -0.15) is 43.5 Å². The van der Waals surface area contributed by atoms with Crippen LogP contribution in [-0.4, -0.2) is 61.5 Å². The summed E-state index contributed by atoms with van der Waals surface area (Å²) in [4.78, 5) is 22.9. The summed E-state index contributed by atoms with van der Waals surface area (Å²) in [5.41, 5.74) is -2.59. The van der Waals surface area contributed by atoms with E-state index in [1.165, 1.54) is 0 Å². The lowest BCUT2D eigenvalue weighted by molar-refractivity contribution is -0.360. The van der Waals surface area contributed by atoms with Crippen LogP contribution in [0.15, 0.2) is 12.2 Å². The van der Waals surface area contributed by atoms with E-state index in [0.29, 0.717) is 0 Å². The number of rotatable bonds is 8. The van der Waals surface area contributed by atoms with Gasteiger partial charge in [0.2, 0.25) is 0 Å². The average molecular weight is 454 g/mol. The maximum Gasteiger partial charge on any atom is 0.468 e. The van der Waals surface area contributed by atoms with Crippen molar-refractivity contribution in [1.29, 1.82) is 0 Å². The maximum absolute atomic E-state index is 13.3. The van der Waals surface area contributed by atoms with Crippen LogP contribution in [0.3, 0.4) is 0 Å². The smallest absolute Gasteiger partial charge is 0.461 e. The normalized spacial score (nSPS) is 15.5. The molecule has 0 fully saturated rings. The fourth-order valence-electron chi connectivity index (χ4n) is 1.18. The number of carbonyl (C=O) groups excluding carboxylic acids is 2. The van der Waals surface area contributed by atoms with E-state index in [1.807, 2.05) is 0 Å². The van der Waals surface area contributed by atoms with Crippen molar-refractivity contribution in [3.63, 3.8) is 0 Å². The first-order valence-corrected chi connectivity index (χ1v) is 7.89. The summed E-state index contributed by atoms with van der Waals surface area (Å²) in [6, 6.07) is 0. The number of hydrogen-bond acceptors (Lipinski definition) is 7. The average Bonchev–Trinajstić information content (AvgIpc) is 2.47. The monoisotopic (exact) mass is 454 g/mol. The third-order valence-electron chi connectivity index (χ3n) is 2.56. The highest BCUT2D eigenvalue weighted by Gasteiger charge is 2.69. The van der Waals surface area contributed by atoms with E-state index in [9.17, 15) is 53.1 Å². The first-order valence-electron chi connectivity index (χ1n) is 6.45. The van der Waals surface area contributed by atoms with Gasteiger partial charge in [-0.3, -0.25) is 4.55 Å². The minimum absolute atomic E-state index is 0.877. The van der Waals surface area contributed by atoms with Crippen LogP contribution in [0.5, 0.6) is 0 Å². The van der Waals surface area contributed by atoms with Gasteiger partial charge in [-0.15, -0.1) is 0 Å². The predicted molar refractivity (Wildman–Crippen MR) is 69.2 cm³/mol. The Hall–Kier alpha value is -2.01. The number of esters is 2. The molecular formula is C11H10F8O8S. The van der Waals surface area contributed by atoms with Crippen LogP contribution in [0.1, 0.15) is 6.92 Å². The van der Waals surface area contributed by atoms with Gasteiger partial charge in [0.05, 0.1) is 6.61 Å². The Morgan fingerprint density at radius 2 is 1.50 bits per heavy atom. The van der Waals surface area contributed by atoms with Gasteiger partial charge in [0.25, 0.3) is 0 Å². The van der Waals surface area contributed by atoms with Crippen LogP contribution in [0.2, 0.25) is 0 Å². The molecule has 0 aliphatic heterocycles. The molecule has 0 bridgehead atoms. The second kappa shape index (κ2) is 8.16. The fraction of sp³-hybridized carbons (Fsp3) is 0.636. The Morgan fingerprint density at radius 3 is 1.82 bits per heavy atom. The minimum Gasteiger partial charge on any atom is -0.461 e. The molecule has 28 heavy (non-hydrogen) atoms. The first kappa shape index (κ1) is 26.0. The number of alkyl halides is 8. The fourth-order valence-corrected chi connectivity index (χ4v) is 1.39. The number of halogens is 8. The van der Waals surface area contributed by atoms with Crippen molar-refractivity contribution in [2.45, 2.75) is 30.3 Å². The summed E-state index contributed by atoms with van der Waals surface area (Å²) in [6.07, 6.45) is -12.0. The molecule has 0 aromatic heterocycles. The van der Waals surface area contributed by atoms with Crippen molar-refractivity contribution in [3.8, 4) is 0 Å². The molecule has 0 heterocycles. The standard InChI is InChI=1S/C11H10F8O8S/c1-3-25-7(21)9(11(17,18)19,26-4-8(12,13)28(22,23)24)27-6(20)5(2)10(14,15)16/h2-4H2,1H3,(H,22,23,24). The highest BCUT2D eigenvalue weighted by molar-refractivity contribution is 7.86. The summed E-state index contributed by atoms with van der Waals surface area (Å²) in [5, 5.41) is -5.48. The lowest BCUT2D eigenvalue weighted by Crippen LogP contribution is -2.60. The van der Waals surface area contributed by atoms with Crippen molar-refractivity contribution in [1.82, 2.24) is 0 Å². The Bertz CT molecular complexity index is 726. The second-order valence-corrected chi connectivity index (χ2v) is 6.15. The van der Waals surface area contributed by atoms with Crippen LogP contribution in [0.25, 0.3) is 0 Å². The summed E-state index contributed by atoms with van der Waals surface area (Å²) in [6.45, 7) is -0.922. The second-order valence-electron chi connectivity index (χ2n) is 4.60. The molecule has 0 amide bonds. The van der Waals surface area contributed by atoms with Crippen LogP contribution in [-0.2, 0) is 33.9 Å². The highest BCUT2D eigenvalue weighted by atomic mass is 32.2. The molecule has 0 aromatic rings. The summed E-state index contributed by atoms with van der Waals surface area (Å²) in [5.74, 6) is -11.0. The quantitative estimate of drug-likeness (QED) is 0.195. The molecule has 0 aromatic carbocycles. The Morgan fingerprint density at radius 1 is 1.04 bits per heavy atom. The number of hydrogen-bond donors (Lipinski definition) is 1. The molecule has 1 atom stereocenters. The zero-order valence-electron chi connectivity index (χ0n) is 13.4. The molecule has 0 saturated heterocycles.